The molecule has 136 valence electrons. The number of para-hydroxylation sites is 1. The van der Waals surface area contributed by atoms with Gasteiger partial charge in [-0.05, 0) is 71.8 Å². The minimum absolute atomic E-state index is 0.415. The molecular weight excluding hydrogens is 322 g/mol. The smallest absolute Gasteiger partial charge is 0.410 e. The van der Waals surface area contributed by atoms with Crippen LogP contribution in [0.1, 0.15) is 45.1 Å². The number of hydrogen-bond acceptors (Lipinski definition) is 2. The van der Waals surface area contributed by atoms with Gasteiger partial charge in [-0.3, -0.25) is 5.32 Å². The fourth-order valence-corrected chi connectivity index (χ4v) is 5.18. The third-order valence-corrected chi connectivity index (χ3v) is 6.97. The van der Waals surface area contributed by atoms with Gasteiger partial charge in [0.1, 0.15) is 5.75 Å². The summed E-state index contributed by atoms with van der Waals surface area (Å²) >= 11 is 0. The van der Waals surface area contributed by atoms with Gasteiger partial charge in [0.2, 0.25) is 0 Å². The molecule has 1 N–H and O–H groups in total. The van der Waals surface area contributed by atoms with Crippen molar-refractivity contribution in [2.24, 2.45) is 23.2 Å². The molecule has 2 saturated carbocycles. The summed E-state index contributed by atoms with van der Waals surface area (Å²) in [5.74, 6) is 3.65. The molecule has 1 amide bonds. The van der Waals surface area contributed by atoms with Crippen molar-refractivity contribution in [1.82, 2.24) is 0 Å². The number of fused-ring (bicyclic) bond motifs is 2. The van der Waals surface area contributed by atoms with Crippen molar-refractivity contribution in [1.29, 1.82) is 0 Å². The van der Waals surface area contributed by atoms with E-state index >= 15 is 0 Å². The largest absolute Gasteiger partial charge is 0.417 e. The lowest BCUT2D eigenvalue weighted by molar-refractivity contribution is 0.118. The number of rotatable bonds is 3. The van der Waals surface area contributed by atoms with Gasteiger partial charge in [-0.2, -0.15) is 0 Å². The van der Waals surface area contributed by atoms with Crippen LogP contribution in [0.4, 0.5) is 10.5 Å². The van der Waals surface area contributed by atoms with Crippen LogP contribution in [0.2, 0.25) is 0 Å². The number of anilines is 1. The van der Waals surface area contributed by atoms with Crippen LogP contribution in [-0.4, -0.2) is 6.09 Å². The summed E-state index contributed by atoms with van der Waals surface area (Å²) in [6, 6.07) is 17.4. The molecule has 0 saturated heterocycles. The van der Waals surface area contributed by atoms with E-state index in [0.29, 0.717) is 17.1 Å². The van der Waals surface area contributed by atoms with Gasteiger partial charge in [0.25, 0.3) is 0 Å². The van der Waals surface area contributed by atoms with Crippen molar-refractivity contribution in [2.45, 2.75) is 39.5 Å². The number of carbonyl (C=O) groups excluding carboxylic acids is 1. The summed E-state index contributed by atoms with van der Waals surface area (Å²) in [5.41, 5.74) is 2.53. The highest BCUT2D eigenvalue weighted by atomic mass is 16.6. The molecule has 0 spiro atoms. The lowest BCUT2D eigenvalue weighted by Gasteiger charge is -2.41. The van der Waals surface area contributed by atoms with Crippen LogP contribution in [0.5, 0.6) is 5.75 Å². The van der Waals surface area contributed by atoms with Gasteiger partial charge >= 0.3 is 6.09 Å². The van der Waals surface area contributed by atoms with Crippen molar-refractivity contribution in [2.75, 3.05) is 5.32 Å². The van der Waals surface area contributed by atoms with E-state index in [0.717, 1.165) is 23.4 Å². The Morgan fingerprint density at radius 2 is 1.73 bits per heavy atom. The maximum absolute atomic E-state index is 12.0. The quantitative estimate of drug-likeness (QED) is 0.729. The lowest BCUT2D eigenvalue weighted by Crippen LogP contribution is -2.32. The van der Waals surface area contributed by atoms with Gasteiger partial charge in [0.15, 0.2) is 0 Å². The number of benzene rings is 2. The maximum Gasteiger partial charge on any atom is 0.417 e. The molecule has 2 aliphatic carbocycles. The highest BCUT2D eigenvalue weighted by Gasteiger charge is 2.55. The third-order valence-electron chi connectivity index (χ3n) is 6.97. The molecule has 2 aromatic carbocycles. The summed E-state index contributed by atoms with van der Waals surface area (Å²) in [4.78, 5) is 12.0. The molecule has 2 aliphatic rings. The van der Waals surface area contributed by atoms with E-state index < -0.39 is 6.09 Å². The summed E-state index contributed by atoms with van der Waals surface area (Å²) < 4.78 is 5.41. The fourth-order valence-electron chi connectivity index (χ4n) is 5.18. The number of hydrogen-bond donors (Lipinski definition) is 1. The van der Waals surface area contributed by atoms with Gasteiger partial charge in [0, 0.05) is 5.69 Å². The second kappa shape index (κ2) is 6.46. The molecular formula is C23H27NO2. The Hall–Kier alpha value is -2.29. The zero-order valence-electron chi connectivity index (χ0n) is 15.7. The molecule has 0 heterocycles. The Balaban J connectivity index is 1.41. The van der Waals surface area contributed by atoms with Crippen LogP contribution in [0, 0.1) is 23.2 Å². The second-order valence-electron chi connectivity index (χ2n) is 8.50. The normalized spacial score (nSPS) is 28.7. The summed E-state index contributed by atoms with van der Waals surface area (Å²) in [7, 11) is 0. The summed E-state index contributed by atoms with van der Waals surface area (Å²) in [5, 5.41) is 2.74. The Morgan fingerprint density at radius 1 is 1.04 bits per heavy atom. The van der Waals surface area contributed by atoms with Crippen molar-refractivity contribution >= 4 is 11.8 Å². The Bertz CT molecular complexity index is 782. The predicted molar refractivity (Wildman–Crippen MR) is 104 cm³/mol. The zero-order valence-corrected chi connectivity index (χ0v) is 15.7. The molecule has 0 unspecified atom stereocenters. The average Bonchev–Trinajstić information content (AvgIpc) is 3.16. The Kier molecular flexibility index (Phi) is 4.26. The molecule has 4 rings (SSSR count). The van der Waals surface area contributed by atoms with Gasteiger partial charge < -0.3 is 4.74 Å². The number of amides is 1. The van der Waals surface area contributed by atoms with Crippen LogP contribution in [0.3, 0.4) is 0 Å². The Labute approximate surface area is 155 Å². The molecule has 2 aromatic rings. The highest BCUT2D eigenvalue weighted by molar-refractivity contribution is 5.86. The van der Waals surface area contributed by atoms with E-state index in [9.17, 15) is 4.79 Å². The molecule has 0 radical (unpaired) electrons. The van der Waals surface area contributed by atoms with E-state index in [1.165, 1.54) is 18.4 Å². The standard InChI is InChI=1S/C23H27NO2/c1-15-17-13-20(21(14-17)23(15,2)3)16-9-11-19(12-10-16)26-22(25)24-18-7-5-4-6-8-18/h4-12,15,17,20-21H,13-14H2,1-3H3,(H,24,25)/t15-,17-,20-,21-/m1/s1. The zero-order chi connectivity index (χ0) is 18.3. The van der Waals surface area contributed by atoms with E-state index in [2.05, 4.69) is 38.2 Å². The summed E-state index contributed by atoms with van der Waals surface area (Å²) in [6.45, 7) is 7.28. The molecule has 26 heavy (non-hydrogen) atoms. The van der Waals surface area contributed by atoms with Crippen molar-refractivity contribution in [3.05, 3.63) is 60.2 Å². The first-order chi connectivity index (χ1) is 12.4. The van der Waals surface area contributed by atoms with Crippen LogP contribution >= 0.6 is 0 Å². The van der Waals surface area contributed by atoms with Crippen LogP contribution in [0.15, 0.2) is 54.6 Å². The number of carbonyl (C=O) groups is 1. The molecule has 2 fully saturated rings. The maximum atomic E-state index is 12.0. The van der Waals surface area contributed by atoms with E-state index in [1.807, 2.05) is 42.5 Å². The second-order valence-corrected chi connectivity index (χ2v) is 8.50. The van der Waals surface area contributed by atoms with E-state index in [-0.39, 0.29) is 0 Å². The van der Waals surface area contributed by atoms with Gasteiger partial charge in [-0.15, -0.1) is 0 Å². The van der Waals surface area contributed by atoms with Crippen molar-refractivity contribution < 1.29 is 9.53 Å². The summed E-state index contributed by atoms with van der Waals surface area (Å²) in [6.07, 6.45) is 2.19. The van der Waals surface area contributed by atoms with Crippen LogP contribution in [-0.2, 0) is 0 Å². The lowest BCUT2D eigenvalue weighted by atomic mass is 9.64. The van der Waals surface area contributed by atoms with Crippen molar-refractivity contribution in [3.8, 4) is 5.75 Å². The van der Waals surface area contributed by atoms with Crippen LogP contribution < -0.4 is 10.1 Å². The molecule has 0 aliphatic heterocycles. The highest BCUT2D eigenvalue weighted by Crippen LogP contribution is 2.64. The molecule has 3 heteroatoms. The molecule has 4 atom stereocenters. The minimum Gasteiger partial charge on any atom is -0.410 e. The molecule has 0 aromatic heterocycles. The first kappa shape index (κ1) is 17.1. The first-order valence-corrected chi connectivity index (χ1v) is 9.59. The van der Waals surface area contributed by atoms with Crippen LogP contribution in [0.25, 0.3) is 0 Å². The predicted octanol–water partition coefficient (Wildman–Crippen LogP) is 6.08. The first-order valence-electron chi connectivity index (χ1n) is 9.59. The van der Waals surface area contributed by atoms with Gasteiger partial charge in [-0.25, -0.2) is 4.79 Å². The molecule has 3 nitrogen and oxygen atoms in total. The monoisotopic (exact) mass is 349 g/mol. The number of nitrogens with one attached hydrogen (secondary N) is 1. The average molecular weight is 349 g/mol. The minimum atomic E-state index is -0.459. The van der Waals surface area contributed by atoms with Gasteiger partial charge in [-0.1, -0.05) is 51.1 Å². The fraction of sp³-hybridized carbons (Fsp3) is 0.435. The van der Waals surface area contributed by atoms with Crippen molar-refractivity contribution in [3.63, 3.8) is 0 Å². The molecule has 2 bridgehead atoms. The topological polar surface area (TPSA) is 38.3 Å². The van der Waals surface area contributed by atoms with E-state index in [1.54, 1.807) is 0 Å². The third kappa shape index (κ3) is 3.00. The van der Waals surface area contributed by atoms with Gasteiger partial charge in [0.05, 0.1) is 0 Å². The SMILES string of the molecule is C[C@@H]1[C@@H]2C[C@H](c3ccc(OC(=O)Nc4ccccc4)cc3)[C@@H](C2)C1(C)C. The van der Waals surface area contributed by atoms with E-state index in [4.69, 9.17) is 4.74 Å². The Morgan fingerprint density at radius 3 is 2.35 bits per heavy atom. The number of ether oxygens (including phenoxy) is 1.